The largest absolute Gasteiger partial charge is 0.465 e. The second kappa shape index (κ2) is 6.16. The van der Waals surface area contributed by atoms with E-state index in [1.165, 1.54) is 17.7 Å². The first-order valence-corrected chi connectivity index (χ1v) is 8.32. The molecule has 2 N–H and O–H groups in total. The molecule has 1 aliphatic carbocycles. The monoisotopic (exact) mass is 367 g/mol. The van der Waals surface area contributed by atoms with Crippen LogP contribution in [0.1, 0.15) is 43.7 Å². The van der Waals surface area contributed by atoms with Crippen molar-refractivity contribution in [3.8, 4) is 6.07 Å². The highest BCUT2D eigenvalue weighted by atomic mass is 79.9. The lowest BCUT2D eigenvalue weighted by Gasteiger charge is -2.19. The van der Waals surface area contributed by atoms with Crippen LogP contribution in [0.15, 0.2) is 4.60 Å². The zero-order valence-electron chi connectivity index (χ0n) is 12.1. The van der Waals surface area contributed by atoms with Gasteiger partial charge in [-0.25, -0.2) is 9.48 Å². The van der Waals surface area contributed by atoms with E-state index in [1.54, 1.807) is 4.68 Å². The van der Waals surface area contributed by atoms with Crippen LogP contribution in [-0.4, -0.2) is 45.0 Å². The fourth-order valence-electron chi connectivity index (χ4n) is 3.29. The first-order valence-electron chi connectivity index (χ1n) is 7.52. The van der Waals surface area contributed by atoms with Gasteiger partial charge in [-0.2, -0.15) is 10.4 Å². The molecule has 1 atom stereocenters. The molecule has 1 aromatic rings. The molecule has 0 bridgehead atoms. The van der Waals surface area contributed by atoms with Crippen molar-refractivity contribution in [3.63, 3.8) is 0 Å². The number of likely N-dealkylation sites (tertiary alicyclic amines) is 1. The van der Waals surface area contributed by atoms with E-state index in [-0.39, 0.29) is 6.04 Å². The number of carbonyl (C=O) groups is 1. The molecule has 2 heterocycles. The molecule has 3 rings (SSSR count). The van der Waals surface area contributed by atoms with Crippen LogP contribution in [0, 0.1) is 11.3 Å². The minimum absolute atomic E-state index is 0.0293. The van der Waals surface area contributed by atoms with Gasteiger partial charge in [-0.15, -0.1) is 0 Å². The van der Waals surface area contributed by atoms with Gasteiger partial charge in [0.25, 0.3) is 0 Å². The van der Waals surface area contributed by atoms with E-state index in [0.717, 1.165) is 18.7 Å². The summed E-state index contributed by atoms with van der Waals surface area (Å²) in [6.07, 6.45) is 4.40. The van der Waals surface area contributed by atoms with Gasteiger partial charge in [0.2, 0.25) is 0 Å². The smallest absolute Gasteiger partial charge is 0.407 e. The molecule has 2 fully saturated rings. The first kappa shape index (κ1) is 15.2. The van der Waals surface area contributed by atoms with E-state index >= 15 is 0 Å². The highest BCUT2D eigenvalue weighted by Gasteiger charge is 2.31. The van der Waals surface area contributed by atoms with Crippen molar-refractivity contribution >= 4 is 27.8 Å². The summed E-state index contributed by atoms with van der Waals surface area (Å²) in [6, 6.07) is 2.53. The maximum atomic E-state index is 11.1. The molecule has 1 aliphatic heterocycles. The summed E-state index contributed by atoms with van der Waals surface area (Å²) in [5.41, 5.74) is 0.501. The molecule has 22 heavy (non-hydrogen) atoms. The fourth-order valence-corrected chi connectivity index (χ4v) is 3.73. The maximum absolute atomic E-state index is 11.1. The molecule has 1 amide bonds. The van der Waals surface area contributed by atoms with E-state index in [9.17, 15) is 10.1 Å². The van der Waals surface area contributed by atoms with Crippen molar-refractivity contribution in [2.45, 2.75) is 44.2 Å². The molecule has 2 aliphatic rings. The first-order chi connectivity index (χ1) is 10.6. The van der Waals surface area contributed by atoms with Crippen LogP contribution >= 0.6 is 15.9 Å². The summed E-state index contributed by atoms with van der Waals surface area (Å²) in [5, 5.41) is 26.4. The number of nitrogens with zero attached hydrogens (tertiary/aromatic N) is 4. The van der Waals surface area contributed by atoms with Crippen molar-refractivity contribution < 1.29 is 9.90 Å². The second-order valence-electron chi connectivity index (χ2n) is 5.87. The van der Waals surface area contributed by atoms with E-state index < -0.39 is 6.09 Å². The number of anilines is 1. The molecule has 0 spiro atoms. The third kappa shape index (κ3) is 2.77. The Morgan fingerprint density at radius 2 is 2.14 bits per heavy atom. The fraction of sp³-hybridized carbons (Fsp3) is 0.643. The topological polar surface area (TPSA) is 94.2 Å². The summed E-state index contributed by atoms with van der Waals surface area (Å²) in [4.78, 5) is 12.5. The van der Waals surface area contributed by atoms with Gasteiger partial charge in [-0.05, 0) is 35.2 Å². The second-order valence-corrected chi connectivity index (χ2v) is 6.62. The Bertz CT molecular complexity index is 617. The van der Waals surface area contributed by atoms with Crippen LogP contribution in [0.5, 0.6) is 0 Å². The summed E-state index contributed by atoms with van der Waals surface area (Å²) in [5.74, 6) is 0.721. The number of nitrogens with one attached hydrogen (secondary N) is 1. The van der Waals surface area contributed by atoms with E-state index in [1.807, 2.05) is 0 Å². The third-order valence-electron chi connectivity index (χ3n) is 4.46. The van der Waals surface area contributed by atoms with Gasteiger partial charge in [0.15, 0.2) is 0 Å². The molecule has 118 valence electrons. The molecule has 8 heteroatoms. The number of amides is 1. The van der Waals surface area contributed by atoms with Crippen LogP contribution in [-0.2, 0) is 0 Å². The number of nitriles is 1. The highest BCUT2D eigenvalue weighted by Crippen LogP contribution is 2.33. The molecule has 0 radical (unpaired) electrons. The lowest BCUT2D eigenvalue weighted by atomic mass is 10.2. The lowest BCUT2D eigenvalue weighted by Crippen LogP contribution is -2.28. The number of hydrogen-bond acceptors (Lipinski definition) is 4. The Labute approximate surface area is 137 Å². The quantitative estimate of drug-likeness (QED) is 0.856. The molecule has 0 unspecified atom stereocenters. The SMILES string of the molecule is N#Cc1c(Br)nn([C@H]2CCN(C(=O)O)C2)c1NC1CCCC1. The molecule has 1 aromatic heterocycles. The van der Waals surface area contributed by atoms with Gasteiger partial charge < -0.3 is 15.3 Å². The van der Waals surface area contributed by atoms with Crippen LogP contribution in [0.2, 0.25) is 0 Å². The summed E-state index contributed by atoms with van der Waals surface area (Å²) < 4.78 is 2.31. The van der Waals surface area contributed by atoms with Crippen molar-refractivity contribution in [3.05, 3.63) is 10.2 Å². The van der Waals surface area contributed by atoms with Gasteiger partial charge in [0.1, 0.15) is 22.1 Å². The Hall–Kier alpha value is -1.75. The number of carboxylic acid groups (broad SMARTS) is 1. The molecular formula is C14H18BrN5O2. The summed E-state index contributed by atoms with van der Waals surface area (Å²) in [7, 11) is 0. The standard InChI is InChI=1S/C14H18BrN5O2/c15-12-11(7-16)13(17-9-3-1-2-4-9)20(18-12)10-5-6-19(8-10)14(21)22/h9-10,17H,1-6,8H2,(H,21,22)/t10-/m0/s1. The van der Waals surface area contributed by atoms with Crippen LogP contribution in [0.25, 0.3) is 0 Å². The Morgan fingerprint density at radius 3 is 2.73 bits per heavy atom. The van der Waals surface area contributed by atoms with Gasteiger partial charge in [0.05, 0.1) is 6.04 Å². The van der Waals surface area contributed by atoms with Crippen LogP contribution < -0.4 is 5.32 Å². The zero-order valence-corrected chi connectivity index (χ0v) is 13.7. The lowest BCUT2D eigenvalue weighted by molar-refractivity contribution is 0.154. The van der Waals surface area contributed by atoms with E-state index in [0.29, 0.717) is 35.7 Å². The minimum Gasteiger partial charge on any atom is -0.465 e. The minimum atomic E-state index is -0.903. The Balaban J connectivity index is 1.87. The van der Waals surface area contributed by atoms with Crippen LogP contribution in [0.4, 0.5) is 10.6 Å². The van der Waals surface area contributed by atoms with E-state index in [2.05, 4.69) is 32.4 Å². The predicted octanol–water partition coefficient (Wildman–Crippen LogP) is 2.80. The number of hydrogen-bond donors (Lipinski definition) is 2. The Morgan fingerprint density at radius 1 is 1.41 bits per heavy atom. The average Bonchev–Trinajstić information content (AvgIpc) is 3.19. The van der Waals surface area contributed by atoms with Crippen molar-refractivity contribution in [2.24, 2.45) is 0 Å². The van der Waals surface area contributed by atoms with Gasteiger partial charge in [-0.1, -0.05) is 12.8 Å². The zero-order chi connectivity index (χ0) is 15.7. The predicted molar refractivity (Wildman–Crippen MR) is 83.8 cm³/mol. The van der Waals surface area contributed by atoms with Crippen LogP contribution in [0.3, 0.4) is 0 Å². The normalized spacial score (nSPS) is 22.0. The number of halogens is 1. The average molecular weight is 368 g/mol. The van der Waals surface area contributed by atoms with Gasteiger partial charge in [-0.3, -0.25) is 0 Å². The van der Waals surface area contributed by atoms with Gasteiger partial charge in [0, 0.05) is 19.1 Å². The van der Waals surface area contributed by atoms with E-state index in [4.69, 9.17) is 5.11 Å². The summed E-state index contributed by atoms with van der Waals surface area (Å²) in [6.45, 7) is 0.913. The third-order valence-corrected chi connectivity index (χ3v) is 5.01. The summed E-state index contributed by atoms with van der Waals surface area (Å²) >= 11 is 3.34. The van der Waals surface area contributed by atoms with Gasteiger partial charge >= 0.3 is 6.09 Å². The molecular weight excluding hydrogens is 350 g/mol. The van der Waals surface area contributed by atoms with Crippen molar-refractivity contribution in [2.75, 3.05) is 18.4 Å². The molecule has 1 saturated carbocycles. The number of rotatable bonds is 3. The number of aromatic nitrogens is 2. The Kier molecular flexibility index (Phi) is 4.25. The highest BCUT2D eigenvalue weighted by molar-refractivity contribution is 9.10. The maximum Gasteiger partial charge on any atom is 0.407 e. The van der Waals surface area contributed by atoms with Crippen molar-refractivity contribution in [1.29, 1.82) is 5.26 Å². The van der Waals surface area contributed by atoms with Crippen molar-refractivity contribution in [1.82, 2.24) is 14.7 Å². The molecule has 7 nitrogen and oxygen atoms in total. The molecule has 0 aromatic carbocycles. The molecule has 1 saturated heterocycles.